The number of pyridine rings is 1. The van der Waals surface area contributed by atoms with Crippen LogP contribution in [-0.4, -0.2) is 49.3 Å². The molecule has 112 valence electrons. The number of nitrogen functional groups attached to an aromatic ring is 1. The molecule has 0 bridgehead atoms. The number of hydrogen-bond acceptors (Lipinski definition) is 5. The summed E-state index contributed by atoms with van der Waals surface area (Å²) in [5.41, 5.74) is 8.79. The van der Waals surface area contributed by atoms with Gasteiger partial charge < -0.3 is 15.8 Å². The van der Waals surface area contributed by atoms with E-state index in [9.17, 15) is 0 Å². The molecule has 0 amide bonds. The summed E-state index contributed by atoms with van der Waals surface area (Å²) in [4.78, 5) is 7.06. The van der Waals surface area contributed by atoms with Crippen molar-refractivity contribution in [3.8, 4) is 0 Å². The number of nitrogens with zero attached hydrogens (tertiary/aromatic N) is 2. The number of nitrogens with one attached hydrogen (secondary N) is 1. The summed E-state index contributed by atoms with van der Waals surface area (Å²) >= 11 is 0. The van der Waals surface area contributed by atoms with Crippen LogP contribution in [0, 0.1) is 6.92 Å². The van der Waals surface area contributed by atoms with Crippen LogP contribution in [0.4, 0.5) is 11.5 Å². The molecular formula is C16H22N4O. The molecule has 3 rings (SSSR count). The molecule has 1 aliphatic heterocycles. The maximum Gasteiger partial charge on any atom is 0.126 e. The Morgan fingerprint density at radius 3 is 2.90 bits per heavy atom. The smallest absolute Gasteiger partial charge is 0.126 e. The predicted molar refractivity (Wildman–Crippen MR) is 86.6 cm³/mol. The predicted octanol–water partition coefficient (Wildman–Crippen LogP) is 1.87. The molecular weight excluding hydrogens is 264 g/mol. The van der Waals surface area contributed by atoms with E-state index in [2.05, 4.69) is 28.2 Å². The van der Waals surface area contributed by atoms with Crippen molar-refractivity contribution in [3.05, 3.63) is 29.8 Å². The van der Waals surface area contributed by atoms with E-state index in [1.165, 1.54) is 5.56 Å². The monoisotopic (exact) mass is 286 g/mol. The first kappa shape index (κ1) is 14.1. The second-order valence-corrected chi connectivity index (χ2v) is 5.48. The van der Waals surface area contributed by atoms with E-state index in [0.29, 0.717) is 0 Å². The van der Waals surface area contributed by atoms with Crippen LogP contribution in [0.5, 0.6) is 0 Å². The van der Waals surface area contributed by atoms with E-state index in [1.807, 2.05) is 18.2 Å². The minimum atomic E-state index is 0.778. The average Bonchev–Trinajstić information content (AvgIpc) is 2.49. The quantitative estimate of drug-likeness (QED) is 0.840. The maximum absolute atomic E-state index is 5.83. The highest BCUT2D eigenvalue weighted by molar-refractivity contribution is 5.86. The van der Waals surface area contributed by atoms with Gasteiger partial charge in [-0.15, -0.1) is 0 Å². The number of hydrogen-bond donors (Lipinski definition) is 2. The van der Waals surface area contributed by atoms with Gasteiger partial charge in [0.15, 0.2) is 0 Å². The van der Waals surface area contributed by atoms with Crippen molar-refractivity contribution in [1.29, 1.82) is 0 Å². The molecule has 2 heterocycles. The molecule has 1 aliphatic rings. The van der Waals surface area contributed by atoms with Gasteiger partial charge >= 0.3 is 0 Å². The number of morpholine rings is 1. The second kappa shape index (κ2) is 6.28. The summed E-state index contributed by atoms with van der Waals surface area (Å²) in [6.07, 6.45) is 0. The summed E-state index contributed by atoms with van der Waals surface area (Å²) in [6.45, 7) is 7.73. The van der Waals surface area contributed by atoms with Crippen molar-refractivity contribution < 1.29 is 4.74 Å². The Labute approximate surface area is 125 Å². The maximum atomic E-state index is 5.83. The van der Waals surface area contributed by atoms with Gasteiger partial charge in [-0.05, 0) is 36.8 Å². The SMILES string of the molecule is Cc1cc(NCCN2CCOCC2)nc2ccc(N)cc12. The van der Waals surface area contributed by atoms with Gasteiger partial charge in [-0.2, -0.15) is 0 Å². The summed E-state index contributed by atoms with van der Waals surface area (Å²) in [5, 5.41) is 4.53. The molecule has 0 radical (unpaired) electrons. The summed E-state index contributed by atoms with van der Waals surface area (Å²) in [5.74, 6) is 0.929. The van der Waals surface area contributed by atoms with Gasteiger partial charge in [-0.25, -0.2) is 4.98 Å². The topological polar surface area (TPSA) is 63.4 Å². The molecule has 1 aromatic carbocycles. The van der Waals surface area contributed by atoms with Crippen molar-refractivity contribution in [2.24, 2.45) is 0 Å². The lowest BCUT2D eigenvalue weighted by Gasteiger charge is -2.26. The fourth-order valence-corrected chi connectivity index (χ4v) is 2.67. The first-order valence-corrected chi connectivity index (χ1v) is 7.43. The molecule has 21 heavy (non-hydrogen) atoms. The van der Waals surface area contributed by atoms with Crippen molar-refractivity contribution in [1.82, 2.24) is 9.88 Å². The van der Waals surface area contributed by atoms with E-state index in [0.717, 1.165) is 61.8 Å². The molecule has 0 spiro atoms. The third-order valence-corrected chi connectivity index (χ3v) is 3.88. The average molecular weight is 286 g/mol. The van der Waals surface area contributed by atoms with Crippen LogP contribution in [0.15, 0.2) is 24.3 Å². The number of rotatable bonds is 4. The first-order chi connectivity index (χ1) is 10.2. The Bertz CT molecular complexity index is 623. The highest BCUT2D eigenvalue weighted by atomic mass is 16.5. The molecule has 3 N–H and O–H groups in total. The Hall–Kier alpha value is -1.85. The molecule has 0 aliphatic carbocycles. The number of fused-ring (bicyclic) bond motifs is 1. The van der Waals surface area contributed by atoms with Crippen LogP contribution in [0.1, 0.15) is 5.56 Å². The Morgan fingerprint density at radius 2 is 2.10 bits per heavy atom. The van der Waals surface area contributed by atoms with E-state index in [-0.39, 0.29) is 0 Å². The van der Waals surface area contributed by atoms with Crippen molar-refractivity contribution >= 4 is 22.4 Å². The normalized spacial score (nSPS) is 16.2. The fraction of sp³-hybridized carbons (Fsp3) is 0.438. The van der Waals surface area contributed by atoms with Crippen molar-refractivity contribution in [2.75, 3.05) is 50.4 Å². The number of nitrogens with two attached hydrogens (primary N) is 1. The standard InChI is InChI=1S/C16H22N4O/c1-12-10-16(18-4-5-20-6-8-21-9-7-20)19-15-3-2-13(17)11-14(12)15/h2-3,10-11H,4-9,17H2,1H3,(H,18,19). The Balaban J connectivity index is 1.65. The van der Waals surface area contributed by atoms with Crippen LogP contribution in [0.2, 0.25) is 0 Å². The zero-order valence-electron chi connectivity index (χ0n) is 12.4. The van der Waals surface area contributed by atoms with E-state index >= 15 is 0 Å². The van der Waals surface area contributed by atoms with E-state index in [1.54, 1.807) is 0 Å². The van der Waals surface area contributed by atoms with Crippen LogP contribution >= 0.6 is 0 Å². The van der Waals surface area contributed by atoms with Crippen molar-refractivity contribution in [3.63, 3.8) is 0 Å². The van der Waals surface area contributed by atoms with E-state index < -0.39 is 0 Å². The summed E-state index contributed by atoms with van der Waals surface area (Å²) in [6, 6.07) is 7.94. The lowest BCUT2D eigenvalue weighted by atomic mass is 10.1. The number of aromatic nitrogens is 1. The number of ether oxygens (including phenoxy) is 1. The van der Waals surface area contributed by atoms with Crippen molar-refractivity contribution in [2.45, 2.75) is 6.92 Å². The van der Waals surface area contributed by atoms with Gasteiger partial charge in [0.1, 0.15) is 5.82 Å². The fourth-order valence-electron chi connectivity index (χ4n) is 2.67. The molecule has 1 saturated heterocycles. The first-order valence-electron chi connectivity index (χ1n) is 7.43. The lowest BCUT2D eigenvalue weighted by molar-refractivity contribution is 0.0398. The second-order valence-electron chi connectivity index (χ2n) is 5.48. The molecule has 5 heteroatoms. The number of anilines is 2. The number of aryl methyl sites for hydroxylation is 1. The lowest BCUT2D eigenvalue weighted by Crippen LogP contribution is -2.39. The van der Waals surface area contributed by atoms with Gasteiger partial charge in [-0.1, -0.05) is 0 Å². The van der Waals surface area contributed by atoms with Gasteiger partial charge in [0, 0.05) is 37.3 Å². The Kier molecular flexibility index (Phi) is 4.22. The van der Waals surface area contributed by atoms with Gasteiger partial charge in [0.2, 0.25) is 0 Å². The molecule has 0 unspecified atom stereocenters. The number of benzene rings is 1. The van der Waals surface area contributed by atoms with Crippen LogP contribution in [0.3, 0.4) is 0 Å². The summed E-state index contributed by atoms with van der Waals surface area (Å²) < 4.78 is 5.35. The van der Waals surface area contributed by atoms with Gasteiger partial charge in [-0.3, -0.25) is 4.90 Å². The highest BCUT2D eigenvalue weighted by Gasteiger charge is 2.09. The zero-order valence-corrected chi connectivity index (χ0v) is 12.4. The highest BCUT2D eigenvalue weighted by Crippen LogP contribution is 2.22. The van der Waals surface area contributed by atoms with Gasteiger partial charge in [0.05, 0.1) is 18.7 Å². The largest absolute Gasteiger partial charge is 0.399 e. The third kappa shape index (κ3) is 3.43. The zero-order chi connectivity index (χ0) is 14.7. The molecule has 1 aromatic heterocycles. The van der Waals surface area contributed by atoms with Crippen LogP contribution in [0.25, 0.3) is 10.9 Å². The molecule has 0 atom stereocenters. The van der Waals surface area contributed by atoms with Gasteiger partial charge in [0.25, 0.3) is 0 Å². The minimum Gasteiger partial charge on any atom is -0.399 e. The van der Waals surface area contributed by atoms with Crippen LogP contribution < -0.4 is 11.1 Å². The molecule has 0 saturated carbocycles. The molecule has 1 fully saturated rings. The summed E-state index contributed by atoms with van der Waals surface area (Å²) in [7, 11) is 0. The minimum absolute atomic E-state index is 0.778. The van der Waals surface area contributed by atoms with Crippen LogP contribution in [-0.2, 0) is 4.74 Å². The third-order valence-electron chi connectivity index (χ3n) is 3.88. The molecule has 5 nitrogen and oxygen atoms in total. The Morgan fingerprint density at radius 1 is 1.29 bits per heavy atom. The molecule has 2 aromatic rings. The van der Waals surface area contributed by atoms with E-state index in [4.69, 9.17) is 10.5 Å².